The molecule has 0 saturated heterocycles. The van der Waals surface area contributed by atoms with Crippen molar-refractivity contribution in [1.82, 2.24) is 5.32 Å². The summed E-state index contributed by atoms with van der Waals surface area (Å²) in [5.74, 6) is 0.0163. The van der Waals surface area contributed by atoms with Crippen LogP contribution in [0, 0.1) is 10.1 Å². The maximum Gasteiger partial charge on any atom is 0.288 e. The first-order valence-electron chi connectivity index (χ1n) is 12.4. The second-order valence-electron chi connectivity index (χ2n) is 9.13. The lowest BCUT2D eigenvalue weighted by atomic mass is 9.96. The summed E-state index contributed by atoms with van der Waals surface area (Å²) < 4.78 is 7.38. The van der Waals surface area contributed by atoms with Crippen LogP contribution in [0.1, 0.15) is 49.6 Å². The maximum absolute atomic E-state index is 12.9. The van der Waals surface area contributed by atoms with Crippen molar-refractivity contribution in [3.05, 3.63) is 103 Å². The van der Waals surface area contributed by atoms with Crippen LogP contribution in [-0.2, 0) is 19.3 Å². The number of ketones is 1. The van der Waals surface area contributed by atoms with Gasteiger partial charge in [-0.1, -0.05) is 41.9 Å². The number of benzene rings is 3. The Morgan fingerprint density at radius 1 is 1.05 bits per heavy atom. The highest BCUT2D eigenvalue weighted by molar-refractivity contribution is 7.19. The molecule has 0 bridgehead atoms. The van der Waals surface area contributed by atoms with Gasteiger partial charge in [0.25, 0.3) is 11.6 Å². The first-order chi connectivity index (χ1) is 18.4. The molecule has 1 aliphatic rings. The molecule has 1 heterocycles. The second kappa shape index (κ2) is 11.3. The number of thiophene rings is 1. The van der Waals surface area contributed by atoms with Gasteiger partial charge in [-0.2, -0.15) is 0 Å². The molecule has 5 rings (SSSR count). The van der Waals surface area contributed by atoms with Crippen molar-refractivity contribution < 1.29 is 19.2 Å². The van der Waals surface area contributed by atoms with Crippen molar-refractivity contribution >= 4 is 50.4 Å². The largest absolute Gasteiger partial charge is 0.492 e. The average Bonchev–Trinajstić information content (AvgIpc) is 3.31. The molecule has 4 aromatic rings. The van der Waals surface area contributed by atoms with Crippen LogP contribution in [0.5, 0.6) is 5.75 Å². The molecule has 0 fully saturated rings. The van der Waals surface area contributed by atoms with Crippen molar-refractivity contribution in [2.45, 2.75) is 32.1 Å². The summed E-state index contributed by atoms with van der Waals surface area (Å²) in [7, 11) is 0. The summed E-state index contributed by atoms with van der Waals surface area (Å²) >= 11 is 7.65. The minimum absolute atomic E-state index is 0.0540. The molecule has 0 aliphatic heterocycles. The molecule has 0 spiro atoms. The number of nitrogens with zero attached hydrogens (tertiary/aromatic N) is 1. The van der Waals surface area contributed by atoms with Crippen LogP contribution in [-0.4, -0.2) is 29.8 Å². The van der Waals surface area contributed by atoms with Gasteiger partial charge in [0.05, 0.1) is 22.8 Å². The predicted molar refractivity (Wildman–Crippen MR) is 149 cm³/mol. The van der Waals surface area contributed by atoms with E-state index in [0.717, 1.165) is 30.2 Å². The van der Waals surface area contributed by atoms with Gasteiger partial charge in [-0.05, 0) is 66.5 Å². The first kappa shape index (κ1) is 25.9. The lowest BCUT2D eigenvalue weighted by molar-refractivity contribution is -0.384. The Kier molecular flexibility index (Phi) is 7.72. The molecule has 1 aromatic heterocycles. The van der Waals surface area contributed by atoms with Crippen LogP contribution in [0.4, 0.5) is 5.69 Å². The number of nitro groups is 1. The standard InChI is InChI=1S/C29H25ClN2O5S/c30-23-13-12-19(16-24(23)32(35)36)25(33)17-31-29(34)20-7-2-1-6-18(20)14-15-37-26-10-5-9-22-21-8-3-4-11-27(21)38-28(22)26/h1-2,5-7,9-10,12-13,16H,3-4,8,11,14-15,17H2,(H,31,34). The fourth-order valence-electron chi connectivity index (χ4n) is 4.79. The number of rotatable bonds is 9. The number of nitrogens with one attached hydrogen (secondary N) is 1. The number of hydrogen-bond acceptors (Lipinski definition) is 6. The summed E-state index contributed by atoms with van der Waals surface area (Å²) in [5, 5.41) is 15.0. The van der Waals surface area contributed by atoms with Gasteiger partial charge in [0.15, 0.2) is 5.78 Å². The minimum atomic E-state index is -0.650. The lowest BCUT2D eigenvalue weighted by Crippen LogP contribution is -2.30. The molecular formula is C29H25ClN2O5S. The normalized spacial score (nSPS) is 12.7. The number of fused-ring (bicyclic) bond motifs is 3. The molecule has 1 aliphatic carbocycles. The molecule has 1 N–H and O–H groups in total. The van der Waals surface area contributed by atoms with E-state index in [9.17, 15) is 19.7 Å². The van der Waals surface area contributed by atoms with E-state index in [2.05, 4.69) is 11.4 Å². The monoisotopic (exact) mass is 548 g/mol. The Bertz CT molecular complexity index is 1550. The van der Waals surface area contributed by atoms with E-state index in [-0.39, 0.29) is 22.8 Å². The molecule has 0 radical (unpaired) electrons. The van der Waals surface area contributed by atoms with E-state index in [4.69, 9.17) is 16.3 Å². The van der Waals surface area contributed by atoms with Crippen molar-refractivity contribution in [2.24, 2.45) is 0 Å². The van der Waals surface area contributed by atoms with Crippen LogP contribution in [0.15, 0.2) is 60.7 Å². The Morgan fingerprint density at radius 2 is 1.87 bits per heavy atom. The van der Waals surface area contributed by atoms with E-state index in [1.165, 1.54) is 45.5 Å². The van der Waals surface area contributed by atoms with E-state index in [0.29, 0.717) is 18.6 Å². The van der Waals surface area contributed by atoms with Gasteiger partial charge in [0.2, 0.25) is 0 Å². The zero-order chi connectivity index (χ0) is 26.6. The van der Waals surface area contributed by atoms with E-state index < -0.39 is 16.6 Å². The Morgan fingerprint density at radius 3 is 2.71 bits per heavy atom. The maximum atomic E-state index is 12.9. The van der Waals surface area contributed by atoms with Gasteiger partial charge < -0.3 is 10.1 Å². The molecule has 0 saturated carbocycles. The van der Waals surface area contributed by atoms with Crippen molar-refractivity contribution in [3.8, 4) is 5.75 Å². The molecule has 9 heteroatoms. The quantitative estimate of drug-likeness (QED) is 0.145. The van der Waals surface area contributed by atoms with Crippen molar-refractivity contribution in [3.63, 3.8) is 0 Å². The second-order valence-corrected chi connectivity index (χ2v) is 10.6. The Labute approximate surface area is 228 Å². The van der Waals surface area contributed by atoms with Crippen LogP contribution in [0.3, 0.4) is 0 Å². The van der Waals surface area contributed by atoms with Crippen LogP contribution in [0.25, 0.3) is 10.1 Å². The smallest absolute Gasteiger partial charge is 0.288 e. The van der Waals surface area contributed by atoms with E-state index in [1.807, 2.05) is 35.6 Å². The number of carbonyl (C=O) groups is 2. The van der Waals surface area contributed by atoms with Gasteiger partial charge in [-0.15, -0.1) is 11.3 Å². The van der Waals surface area contributed by atoms with Crippen molar-refractivity contribution in [1.29, 1.82) is 0 Å². The van der Waals surface area contributed by atoms with Gasteiger partial charge in [-0.25, -0.2) is 0 Å². The van der Waals surface area contributed by atoms with Gasteiger partial charge in [0, 0.05) is 28.5 Å². The Balaban J connectivity index is 1.23. The van der Waals surface area contributed by atoms with Crippen LogP contribution < -0.4 is 10.1 Å². The number of ether oxygens (including phenoxy) is 1. The summed E-state index contributed by atoms with van der Waals surface area (Å²) in [6, 6.07) is 17.2. The summed E-state index contributed by atoms with van der Waals surface area (Å²) in [4.78, 5) is 37.4. The topological polar surface area (TPSA) is 98.5 Å². The molecule has 38 heavy (non-hydrogen) atoms. The summed E-state index contributed by atoms with van der Waals surface area (Å²) in [5.41, 5.74) is 2.47. The summed E-state index contributed by atoms with van der Waals surface area (Å²) in [6.45, 7) is 0.104. The highest BCUT2D eigenvalue weighted by Gasteiger charge is 2.19. The highest BCUT2D eigenvalue weighted by Crippen LogP contribution is 2.40. The van der Waals surface area contributed by atoms with Crippen molar-refractivity contribution in [2.75, 3.05) is 13.2 Å². The number of amides is 1. The Hall–Kier alpha value is -3.75. The molecule has 7 nitrogen and oxygen atoms in total. The SMILES string of the molecule is O=C(CNC(=O)c1ccccc1CCOc1cccc2c3c(sc12)CCCC3)c1ccc(Cl)c([N+](=O)[O-])c1. The number of nitro benzene ring substituents is 1. The fraction of sp³-hybridized carbons (Fsp3) is 0.241. The first-order valence-corrected chi connectivity index (χ1v) is 13.6. The molecule has 194 valence electrons. The molecule has 1 amide bonds. The zero-order valence-electron chi connectivity index (χ0n) is 20.5. The number of carbonyl (C=O) groups excluding carboxylic acids is 2. The van der Waals surface area contributed by atoms with E-state index >= 15 is 0 Å². The molecule has 3 aromatic carbocycles. The highest BCUT2D eigenvalue weighted by atomic mass is 35.5. The third-order valence-corrected chi connectivity index (χ3v) is 8.35. The van der Waals surface area contributed by atoms with Gasteiger partial charge in [-0.3, -0.25) is 19.7 Å². The minimum Gasteiger partial charge on any atom is -0.492 e. The number of hydrogen-bond donors (Lipinski definition) is 1. The molecular weight excluding hydrogens is 524 g/mol. The lowest BCUT2D eigenvalue weighted by Gasteiger charge is -2.12. The van der Waals surface area contributed by atoms with Gasteiger partial charge >= 0.3 is 0 Å². The average molecular weight is 549 g/mol. The number of aryl methyl sites for hydroxylation is 2. The van der Waals surface area contributed by atoms with Crippen LogP contribution >= 0.6 is 22.9 Å². The summed E-state index contributed by atoms with van der Waals surface area (Å²) in [6.07, 6.45) is 5.24. The molecule has 0 unspecified atom stereocenters. The molecule has 0 atom stereocenters. The fourth-order valence-corrected chi connectivity index (χ4v) is 6.33. The van der Waals surface area contributed by atoms with E-state index in [1.54, 1.807) is 12.1 Å². The number of halogens is 1. The van der Waals surface area contributed by atoms with Gasteiger partial charge in [0.1, 0.15) is 10.8 Å². The zero-order valence-corrected chi connectivity index (χ0v) is 22.1. The van der Waals surface area contributed by atoms with Crippen LogP contribution in [0.2, 0.25) is 5.02 Å². The predicted octanol–water partition coefficient (Wildman–Crippen LogP) is 6.58. The third-order valence-electron chi connectivity index (χ3n) is 6.71. The number of Topliss-reactive ketones (excluding diaryl/α,β-unsaturated/α-hetero) is 1. The third kappa shape index (κ3) is 5.42.